The predicted octanol–water partition coefficient (Wildman–Crippen LogP) is 9.38. The molecule has 0 spiro atoms. The monoisotopic (exact) mass is 621 g/mol. The Morgan fingerprint density at radius 3 is 1.83 bits per heavy atom. The van der Waals surface area contributed by atoms with Crippen LogP contribution in [0.4, 0.5) is 17.1 Å². The van der Waals surface area contributed by atoms with Gasteiger partial charge < -0.3 is 15.2 Å². The van der Waals surface area contributed by atoms with Crippen molar-refractivity contribution in [3.63, 3.8) is 0 Å². The number of para-hydroxylation sites is 3. The molecule has 0 amide bonds. The van der Waals surface area contributed by atoms with Crippen molar-refractivity contribution >= 4 is 44.6 Å². The zero-order valence-corrected chi connectivity index (χ0v) is 26.1. The molecule has 0 radical (unpaired) electrons. The van der Waals surface area contributed by atoms with Crippen molar-refractivity contribution in [1.29, 1.82) is 0 Å². The zero-order chi connectivity index (χ0) is 32.5. The minimum absolute atomic E-state index is 0.462. The summed E-state index contributed by atoms with van der Waals surface area (Å²) in [4.78, 5) is 6.56. The number of nitrogens with two attached hydrogens (primary N) is 1. The minimum Gasteiger partial charge on any atom is -0.396 e. The molecule has 3 aromatic heterocycles. The number of nitrogens with zero attached hydrogens (tertiary/aromatic N) is 6. The van der Waals surface area contributed by atoms with Gasteiger partial charge in [-0.2, -0.15) is 0 Å². The summed E-state index contributed by atoms with van der Waals surface area (Å²) in [6, 6.07) is 48.4. The first kappa shape index (κ1) is 28.7. The van der Waals surface area contributed by atoms with Gasteiger partial charge in [0.1, 0.15) is 0 Å². The molecule has 230 valence electrons. The van der Waals surface area contributed by atoms with Crippen LogP contribution in [0.5, 0.6) is 0 Å². The lowest BCUT2D eigenvalue weighted by Gasteiger charge is -2.26. The Labute approximate surface area is 278 Å². The summed E-state index contributed by atoms with van der Waals surface area (Å²) >= 11 is 0. The van der Waals surface area contributed by atoms with Crippen LogP contribution >= 0.6 is 0 Å². The van der Waals surface area contributed by atoms with Gasteiger partial charge in [0.2, 0.25) is 0 Å². The van der Waals surface area contributed by atoms with E-state index in [2.05, 4.69) is 153 Å². The van der Waals surface area contributed by atoms with E-state index in [4.69, 9.17) is 5.73 Å². The maximum atomic E-state index is 6.36. The van der Waals surface area contributed by atoms with Crippen LogP contribution < -0.4 is 10.6 Å². The molecule has 0 aliphatic rings. The van der Waals surface area contributed by atoms with Crippen LogP contribution in [0.25, 0.3) is 50.3 Å². The number of rotatable bonds is 8. The first-order valence-corrected chi connectivity index (χ1v) is 15.7. The topological polar surface area (TPSA) is 77.8 Å². The molecule has 7 heteroatoms. The predicted molar refractivity (Wildman–Crippen MR) is 196 cm³/mol. The Kier molecular flexibility index (Phi) is 7.32. The van der Waals surface area contributed by atoms with Gasteiger partial charge in [0.05, 0.1) is 28.6 Å². The minimum atomic E-state index is 0.462. The Morgan fingerprint density at radius 1 is 0.604 bits per heavy atom. The Balaban J connectivity index is 1.20. The van der Waals surface area contributed by atoms with Crippen LogP contribution in [0.15, 0.2) is 171 Å². The highest BCUT2D eigenvalue weighted by atomic mass is 15.3. The molecule has 0 fully saturated rings. The number of fused-ring (bicyclic) bond motifs is 3. The van der Waals surface area contributed by atoms with Crippen molar-refractivity contribution < 1.29 is 0 Å². The van der Waals surface area contributed by atoms with Gasteiger partial charge in [-0.15, -0.1) is 10.2 Å². The smallest absolute Gasteiger partial charge is 0.184 e. The van der Waals surface area contributed by atoms with Crippen molar-refractivity contribution in [2.24, 2.45) is 5.73 Å². The van der Waals surface area contributed by atoms with E-state index in [1.54, 1.807) is 24.5 Å². The van der Waals surface area contributed by atoms with Crippen LogP contribution in [-0.2, 0) is 0 Å². The van der Waals surface area contributed by atoms with Gasteiger partial charge in [-0.05, 0) is 91.0 Å². The maximum absolute atomic E-state index is 6.36. The molecule has 5 aromatic carbocycles. The van der Waals surface area contributed by atoms with Gasteiger partial charge in [-0.25, -0.2) is 0 Å². The second-order valence-corrected chi connectivity index (χ2v) is 11.4. The Morgan fingerprint density at radius 2 is 1.21 bits per heavy atom. The average molecular weight is 622 g/mol. The lowest BCUT2D eigenvalue weighted by atomic mass is 10.1. The van der Waals surface area contributed by atoms with Gasteiger partial charge in [0.25, 0.3) is 0 Å². The standard InChI is InChI=1S/C41H31N7/c1-2-11-37(42)41-45-44-40(48(41)34-14-10-27-43-28-34)29-19-21-31(22-20-29)46(30-12-4-3-5-13-30)32-23-25-33(26-24-32)47-38-17-8-6-15-35(38)36-16-7-9-18-39(36)47/h2-28H,1,42H2/b37-11-. The molecule has 0 aliphatic heterocycles. The quantitative estimate of drug-likeness (QED) is 0.171. The zero-order valence-electron chi connectivity index (χ0n) is 26.1. The molecule has 3 heterocycles. The van der Waals surface area contributed by atoms with Crippen molar-refractivity contribution in [2.45, 2.75) is 0 Å². The highest BCUT2D eigenvalue weighted by molar-refractivity contribution is 6.09. The molecule has 0 saturated carbocycles. The number of benzene rings is 5. The average Bonchev–Trinajstić information content (AvgIpc) is 3.74. The Bertz CT molecular complexity index is 2350. The first-order chi connectivity index (χ1) is 23.7. The number of hydrogen-bond acceptors (Lipinski definition) is 5. The highest BCUT2D eigenvalue weighted by Gasteiger charge is 2.19. The molecular formula is C41H31N7. The fourth-order valence-electron chi connectivity index (χ4n) is 6.33. The Hall–Kier alpha value is -6.73. The molecule has 2 N–H and O–H groups in total. The summed E-state index contributed by atoms with van der Waals surface area (Å²) in [5, 5.41) is 11.5. The van der Waals surface area contributed by atoms with E-state index >= 15 is 0 Å². The fraction of sp³-hybridized carbons (Fsp3) is 0. The summed E-state index contributed by atoms with van der Waals surface area (Å²) in [5.41, 5.74) is 15.1. The van der Waals surface area contributed by atoms with Crippen LogP contribution in [0.3, 0.4) is 0 Å². The molecule has 8 aromatic rings. The molecular weight excluding hydrogens is 591 g/mol. The van der Waals surface area contributed by atoms with E-state index in [1.807, 2.05) is 22.8 Å². The van der Waals surface area contributed by atoms with Crippen molar-refractivity contribution in [3.8, 4) is 22.8 Å². The summed E-state index contributed by atoms with van der Waals surface area (Å²) in [5.74, 6) is 1.18. The summed E-state index contributed by atoms with van der Waals surface area (Å²) in [7, 11) is 0. The third kappa shape index (κ3) is 5.00. The van der Waals surface area contributed by atoms with Crippen molar-refractivity contribution in [2.75, 3.05) is 4.90 Å². The normalized spacial score (nSPS) is 11.6. The van der Waals surface area contributed by atoms with Gasteiger partial charge in [0.15, 0.2) is 11.6 Å². The number of hydrogen-bond donors (Lipinski definition) is 1. The van der Waals surface area contributed by atoms with E-state index in [-0.39, 0.29) is 0 Å². The molecule has 0 bridgehead atoms. The van der Waals surface area contributed by atoms with Gasteiger partial charge >= 0.3 is 0 Å². The highest BCUT2D eigenvalue weighted by Crippen LogP contribution is 2.37. The summed E-state index contributed by atoms with van der Waals surface area (Å²) in [6.07, 6.45) is 6.86. The lowest BCUT2D eigenvalue weighted by molar-refractivity contribution is 1.01. The lowest BCUT2D eigenvalue weighted by Crippen LogP contribution is -2.10. The summed E-state index contributed by atoms with van der Waals surface area (Å²) < 4.78 is 4.25. The number of pyridine rings is 1. The third-order valence-corrected chi connectivity index (χ3v) is 8.47. The first-order valence-electron chi connectivity index (χ1n) is 15.7. The summed E-state index contributed by atoms with van der Waals surface area (Å²) in [6.45, 7) is 3.78. The molecule has 0 saturated heterocycles. The van der Waals surface area contributed by atoms with Crippen LogP contribution in [-0.4, -0.2) is 24.3 Å². The van der Waals surface area contributed by atoms with Gasteiger partial charge in [-0.3, -0.25) is 9.55 Å². The second-order valence-electron chi connectivity index (χ2n) is 11.4. The largest absolute Gasteiger partial charge is 0.396 e. The van der Waals surface area contributed by atoms with Crippen molar-refractivity contribution in [3.05, 3.63) is 176 Å². The number of allylic oxidation sites excluding steroid dienone is 2. The molecule has 48 heavy (non-hydrogen) atoms. The molecule has 7 nitrogen and oxygen atoms in total. The SMILES string of the molecule is C=C/C=C(\N)c1nnc(-c2ccc(N(c3ccccc3)c3ccc(-n4c5ccccc5c5ccccc54)cc3)cc2)n1-c1cccnc1. The molecule has 8 rings (SSSR count). The second kappa shape index (κ2) is 12.2. The van der Waals surface area contributed by atoms with E-state index < -0.39 is 0 Å². The third-order valence-electron chi connectivity index (χ3n) is 8.47. The fourth-order valence-corrected chi connectivity index (χ4v) is 6.33. The maximum Gasteiger partial charge on any atom is 0.184 e. The van der Waals surface area contributed by atoms with E-state index in [0.29, 0.717) is 17.3 Å². The number of anilines is 3. The molecule has 0 atom stereocenters. The van der Waals surface area contributed by atoms with Gasteiger partial charge in [0, 0.05) is 45.3 Å². The van der Waals surface area contributed by atoms with Crippen LogP contribution in [0.2, 0.25) is 0 Å². The van der Waals surface area contributed by atoms with Crippen LogP contribution in [0.1, 0.15) is 5.82 Å². The van der Waals surface area contributed by atoms with Crippen molar-refractivity contribution in [1.82, 2.24) is 24.3 Å². The van der Waals surface area contributed by atoms with E-state index in [9.17, 15) is 0 Å². The van der Waals surface area contributed by atoms with Gasteiger partial charge in [-0.1, -0.05) is 67.3 Å². The molecule has 0 unspecified atom stereocenters. The van der Waals surface area contributed by atoms with Crippen LogP contribution in [0, 0.1) is 0 Å². The van der Waals surface area contributed by atoms with E-state index in [0.717, 1.165) is 34.0 Å². The number of aromatic nitrogens is 5. The molecule has 0 aliphatic carbocycles. The van der Waals surface area contributed by atoms with E-state index in [1.165, 1.54) is 21.8 Å².